The maximum Gasteiger partial charge on any atom is 0.223 e. The molecule has 0 aromatic carbocycles. The highest BCUT2D eigenvalue weighted by Crippen LogP contribution is 2.10. The molecule has 2 atom stereocenters. The van der Waals surface area contributed by atoms with Gasteiger partial charge in [0.15, 0.2) is 11.6 Å². The molecule has 0 aromatic rings. The Bertz CT molecular complexity index is 548. The molecule has 0 unspecified atom stereocenters. The molecule has 0 rings (SSSR count). The van der Waals surface area contributed by atoms with Crippen molar-refractivity contribution in [3.05, 3.63) is 0 Å². The first-order valence-corrected chi connectivity index (χ1v) is 10.6. The van der Waals surface area contributed by atoms with E-state index in [1.165, 1.54) is 6.92 Å². The number of ketones is 3. The minimum absolute atomic E-state index is 0.00904. The first kappa shape index (κ1) is 25.3. The van der Waals surface area contributed by atoms with Crippen molar-refractivity contribution in [2.75, 3.05) is 18.6 Å². The summed E-state index contributed by atoms with van der Waals surface area (Å²) in [5.41, 5.74) is 0. The van der Waals surface area contributed by atoms with Crippen molar-refractivity contribution in [3.8, 4) is 0 Å². The molecular weight excluding hydrogens is 368 g/mol. The van der Waals surface area contributed by atoms with Gasteiger partial charge in [0.2, 0.25) is 11.8 Å². The van der Waals surface area contributed by atoms with E-state index in [-0.39, 0.29) is 55.0 Å². The van der Waals surface area contributed by atoms with Crippen molar-refractivity contribution in [1.82, 2.24) is 10.6 Å². The fourth-order valence-electron chi connectivity index (χ4n) is 2.19. The molecule has 154 valence electrons. The minimum atomic E-state index is -0.611. The second-order valence-corrected chi connectivity index (χ2v) is 8.01. The van der Waals surface area contributed by atoms with E-state index in [2.05, 4.69) is 10.6 Å². The van der Waals surface area contributed by atoms with Gasteiger partial charge in [0.25, 0.3) is 0 Å². The Morgan fingerprint density at radius 1 is 0.963 bits per heavy atom. The number of Topliss-reactive ketones (excluding diaryl/α,β-unsaturated/α-hetero) is 3. The van der Waals surface area contributed by atoms with Gasteiger partial charge in [-0.25, -0.2) is 0 Å². The van der Waals surface area contributed by atoms with Crippen LogP contribution in [0.4, 0.5) is 0 Å². The zero-order valence-electron chi connectivity index (χ0n) is 16.9. The van der Waals surface area contributed by atoms with Crippen LogP contribution in [0.2, 0.25) is 0 Å². The third-order valence-electron chi connectivity index (χ3n) is 4.01. The lowest BCUT2D eigenvalue weighted by molar-refractivity contribution is -0.132. The normalized spacial score (nSPS) is 13.0. The van der Waals surface area contributed by atoms with Crippen molar-refractivity contribution in [2.45, 2.75) is 59.4 Å². The summed E-state index contributed by atoms with van der Waals surface area (Å²) in [6.07, 6.45) is 2.68. The number of carbonyl (C=O) groups excluding carboxylic acids is 5. The van der Waals surface area contributed by atoms with Crippen molar-refractivity contribution >= 4 is 40.9 Å². The fraction of sp³-hybridized carbons (Fsp3) is 0.737. The number of nitrogens with one attached hydrogen (secondary N) is 2. The number of rotatable bonds is 14. The SMILES string of the molecule is CSCC[C@H](NC(=O)C(C)C)C(=O)C[C@@H](C)C(=O)NCC(=O)CCC(C)=O. The predicted octanol–water partition coefficient (Wildman–Crippen LogP) is 1.53. The van der Waals surface area contributed by atoms with E-state index in [4.69, 9.17) is 0 Å². The molecule has 0 saturated heterocycles. The molecule has 2 amide bonds. The van der Waals surface area contributed by atoms with Crippen LogP contribution < -0.4 is 10.6 Å². The van der Waals surface area contributed by atoms with Crippen LogP contribution in [0, 0.1) is 11.8 Å². The van der Waals surface area contributed by atoms with E-state index in [0.717, 1.165) is 5.75 Å². The van der Waals surface area contributed by atoms with Gasteiger partial charge in [0, 0.05) is 31.1 Å². The standard InChI is InChI=1S/C19H32N2O5S/c1-12(2)18(25)21-16(8-9-27-5)17(24)10-13(3)19(26)20-11-15(23)7-6-14(4)22/h12-13,16H,6-11H2,1-5H3,(H,20,26)(H,21,25)/t13-,16+/m1/s1. The van der Waals surface area contributed by atoms with E-state index >= 15 is 0 Å². The van der Waals surface area contributed by atoms with Crippen LogP contribution in [0.15, 0.2) is 0 Å². The maximum absolute atomic E-state index is 12.5. The molecule has 8 heteroatoms. The lowest BCUT2D eigenvalue weighted by atomic mass is 9.97. The molecule has 7 nitrogen and oxygen atoms in total. The Kier molecular flexibility index (Phi) is 12.6. The van der Waals surface area contributed by atoms with Gasteiger partial charge in [-0.15, -0.1) is 0 Å². The van der Waals surface area contributed by atoms with Gasteiger partial charge in [0.05, 0.1) is 12.6 Å². The third-order valence-corrected chi connectivity index (χ3v) is 4.65. The fourth-order valence-corrected chi connectivity index (χ4v) is 2.66. The summed E-state index contributed by atoms with van der Waals surface area (Å²) >= 11 is 1.58. The minimum Gasteiger partial charge on any atom is -0.349 e. The average Bonchev–Trinajstić information content (AvgIpc) is 2.60. The smallest absolute Gasteiger partial charge is 0.223 e. The molecule has 0 aliphatic rings. The van der Waals surface area contributed by atoms with Gasteiger partial charge in [0.1, 0.15) is 5.78 Å². The van der Waals surface area contributed by atoms with Gasteiger partial charge < -0.3 is 15.4 Å². The molecule has 0 aliphatic carbocycles. The Morgan fingerprint density at radius 2 is 1.59 bits per heavy atom. The van der Waals surface area contributed by atoms with Gasteiger partial charge in [-0.05, 0) is 25.4 Å². The molecule has 0 fully saturated rings. The number of hydrogen-bond donors (Lipinski definition) is 2. The van der Waals surface area contributed by atoms with Gasteiger partial charge >= 0.3 is 0 Å². The third kappa shape index (κ3) is 11.6. The van der Waals surface area contributed by atoms with E-state index in [1.807, 2.05) is 6.26 Å². The summed E-state index contributed by atoms with van der Waals surface area (Å²) in [4.78, 5) is 59.0. The lowest BCUT2D eigenvalue weighted by Gasteiger charge is -2.20. The summed E-state index contributed by atoms with van der Waals surface area (Å²) in [7, 11) is 0. The molecule has 0 spiro atoms. The highest BCUT2D eigenvalue weighted by atomic mass is 32.2. The second-order valence-electron chi connectivity index (χ2n) is 7.03. The molecule has 0 aromatic heterocycles. The highest BCUT2D eigenvalue weighted by molar-refractivity contribution is 7.98. The zero-order chi connectivity index (χ0) is 21.0. The summed E-state index contributed by atoms with van der Waals surface area (Å²) in [5.74, 6) is -1.18. The first-order chi connectivity index (χ1) is 12.6. The van der Waals surface area contributed by atoms with E-state index < -0.39 is 17.9 Å². The summed E-state index contributed by atoms with van der Waals surface area (Å²) < 4.78 is 0. The molecular formula is C19H32N2O5S. The van der Waals surface area contributed by atoms with Crippen LogP contribution in [-0.2, 0) is 24.0 Å². The first-order valence-electron chi connectivity index (χ1n) is 9.19. The van der Waals surface area contributed by atoms with Crippen LogP contribution in [0.25, 0.3) is 0 Å². The topological polar surface area (TPSA) is 109 Å². The molecule has 27 heavy (non-hydrogen) atoms. The van der Waals surface area contributed by atoms with Crippen molar-refractivity contribution in [2.24, 2.45) is 11.8 Å². The number of thioether (sulfide) groups is 1. The van der Waals surface area contributed by atoms with Crippen LogP contribution >= 0.6 is 11.8 Å². The van der Waals surface area contributed by atoms with Crippen molar-refractivity contribution < 1.29 is 24.0 Å². The van der Waals surface area contributed by atoms with Crippen LogP contribution in [0.5, 0.6) is 0 Å². The largest absolute Gasteiger partial charge is 0.349 e. The quantitative estimate of drug-likeness (QED) is 0.458. The monoisotopic (exact) mass is 400 g/mol. The maximum atomic E-state index is 12.5. The average molecular weight is 401 g/mol. The van der Waals surface area contributed by atoms with Crippen LogP contribution in [0.3, 0.4) is 0 Å². The van der Waals surface area contributed by atoms with E-state index in [1.54, 1.807) is 32.5 Å². The molecule has 0 bridgehead atoms. The number of hydrogen-bond acceptors (Lipinski definition) is 6. The molecule has 2 N–H and O–H groups in total. The number of amides is 2. The van der Waals surface area contributed by atoms with Gasteiger partial charge in [-0.1, -0.05) is 20.8 Å². The second kappa shape index (κ2) is 13.5. The number of carbonyl (C=O) groups is 5. The molecule has 0 heterocycles. The molecule has 0 saturated carbocycles. The Morgan fingerprint density at radius 3 is 2.11 bits per heavy atom. The molecule has 0 aliphatic heterocycles. The predicted molar refractivity (Wildman–Crippen MR) is 106 cm³/mol. The summed E-state index contributed by atoms with van der Waals surface area (Å²) in [5, 5.41) is 5.26. The summed E-state index contributed by atoms with van der Waals surface area (Å²) in [6.45, 7) is 6.38. The van der Waals surface area contributed by atoms with Crippen molar-refractivity contribution in [1.29, 1.82) is 0 Å². The lowest BCUT2D eigenvalue weighted by Crippen LogP contribution is -2.44. The summed E-state index contributed by atoms with van der Waals surface area (Å²) in [6, 6.07) is -0.611. The van der Waals surface area contributed by atoms with Crippen LogP contribution in [-0.4, -0.2) is 53.8 Å². The Balaban J connectivity index is 4.58. The Labute approximate surface area is 165 Å². The van der Waals surface area contributed by atoms with Crippen molar-refractivity contribution in [3.63, 3.8) is 0 Å². The van der Waals surface area contributed by atoms with Gasteiger partial charge in [-0.3, -0.25) is 19.2 Å². The Hall–Kier alpha value is -1.70. The molecule has 0 radical (unpaired) electrons. The van der Waals surface area contributed by atoms with Crippen LogP contribution in [0.1, 0.15) is 53.4 Å². The van der Waals surface area contributed by atoms with E-state index in [9.17, 15) is 24.0 Å². The zero-order valence-corrected chi connectivity index (χ0v) is 17.7. The van der Waals surface area contributed by atoms with Gasteiger partial charge in [-0.2, -0.15) is 11.8 Å². The van der Waals surface area contributed by atoms with E-state index in [0.29, 0.717) is 6.42 Å². The highest BCUT2D eigenvalue weighted by Gasteiger charge is 2.25.